The molecule has 1 saturated carbocycles. The van der Waals surface area contributed by atoms with Crippen LogP contribution in [0.25, 0.3) is 0 Å². The highest BCUT2D eigenvalue weighted by Crippen LogP contribution is 2.25. The molecule has 0 saturated heterocycles. The van der Waals surface area contributed by atoms with Crippen LogP contribution in [0.2, 0.25) is 0 Å². The molecule has 0 spiro atoms. The molecule has 0 N–H and O–H groups in total. The molecule has 0 atom stereocenters. The van der Waals surface area contributed by atoms with Crippen LogP contribution >= 0.6 is 0 Å². The van der Waals surface area contributed by atoms with Crippen molar-refractivity contribution in [3.63, 3.8) is 0 Å². The van der Waals surface area contributed by atoms with Gasteiger partial charge in [0, 0.05) is 0 Å². The minimum atomic E-state index is 0.942. The Balaban J connectivity index is 1.94. The molecule has 0 bridgehead atoms. The molecule has 0 aromatic carbocycles. The second-order valence-electron chi connectivity index (χ2n) is 3.93. The zero-order valence-corrected chi connectivity index (χ0v) is 7.74. The minimum Gasteiger partial charge on any atom is -0.240 e. The van der Waals surface area contributed by atoms with Crippen molar-refractivity contribution in [2.24, 2.45) is 13.0 Å². The van der Waals surface area contributed by atoms with Crippen LogP contribution in [0, 0.1) is 5.92 Å². The topological polar surface area (TPSA) is 8.81 Å². The predicted octanol–water partition coefficient (Wildman–Crippen LogP) is 1.50. The standard InChI is InChI=1S/C10H17N2/c1-11-6-7-12(9-11)8-10-4-2-3-5-10/h6-7,9-10H,2-5,8H2,1H3/q+1. The summed E-state index contributed by atoms with van der Waals surface area (Å²) >= 11 is 0. The lowest BCUT2D eigenvalue weighted by Crippen LogP contribution is -2.24. The van der Waals surface area contributed by atoms with Gasteiger partial charge in [-0.05, 0) is 18.8 Å². The van der Waals surface area contributed by atoms with Gasteiger partial charge in [0.1, 0.15) is 12.4 Å². The summed E-state index contributed by atoms with van der Waals surface area (Å²) in [5.41, 5.74) is 0. The van der Waals surface area contributed by atoms with Crippen LogP contribution < -0.4 is 4.57 Å². The smallest absolute Gasteiger partial charge is 0.240 e. The van der Waals surface area contributed by atoms with Crippen LogP contribution in [0.3, 0.4) is 0 Å². The Morgan fingerprint density at radius 3 is 2.75 bits per heavy atom. The maximum Gasteiger partial charge on any atom is 0.243 e. The third-order valence-corrected chi connectivity index (χ3v) is 2.77. The number of rotatable bonds is 2. The van der Waals surface area contributed by atoms with Gasteiger partial charge in [-0.1, -0.05) is 12.8 Å². The van der Waals surface area contributed by atoms with Gasteiger partial charge >= 0.3 is 0 Å². The average molecular weight is 165 g/mol. The fourth-order valence-corrected chi connectivity index (χ4v) is 2.10. The summed E-state index contributed by atoms with van der Waals surface area (Å²) in [5, 5.41) is 0. The van der Waals surface area contributed by atoms with E-state index in [9.17, 15) is 0 Å². The largest absolute Gasteiger partial charge is 0.243 e. The van der Waals surface area contributed by atoms with Crippen LogP contribution in [0.1, 0.15) is 25.7 Å². The molecule has 0 unspecified atom stereocenters. The van der Waals surface area contributed by atoms with Crippen molar-refractivity contribution < 1.29 is 4.57 Å². The summed E-state index contributed by atoms with van der Waals surface area (Å²) in [4.78, 5) is 0. The van der Waals surface area contributed by atoms with Crippen LogP contribution in [-0.4, -0.2) is 4.57 Å². The molecule has 1 aliphatic rings. The Hall–Kier alpha value is -0.790. The first kappa shape index (κ1) is 7.84. The van der Waals surface area contributed by atoms with E-state index in [0.29, 0.717) is 0 Å². The lowest BCUT2D eigenvalue weighted by atomic mass is 10.1. The van der Waals surface area contributed by atoms with Gasteiger partial charge in [-0.15, -0.1) is 0 Å². The monoisotopic (exact) mass is 165 g/mol. The van der Waals surface area contributed by atoms with E-state index in [2.05, 4.69) is 34.9 Å². The Morgan fingerprint density at radius 1 is 1.42 bits per heavy atom. The number of nitrogens with zero attached hydrogens (tertiary/aromatic N) is 2. The van der Waals surface area contributed by atoms with Crippen molar-refractivity contribution in [2.75, 3.05) is 0 Å². The van der Waals surface area contributed by atoms with Crippen molar-refractivity contribution in [3.05, 3.63) is 18.7 Å². The van der Waals surface area contributed by atoms with Crippen LogP contribution in [0.5, 0.6) is 0 Å². The Kier molecular flexibility index (Phi) is 2.15. The molecule has 0 aliphatic heterocycles. The van der Waals surface area contributed by atoms with Gasteiger partial charge in [-0.25, -0.2) is 9.13 Å². The summed E-state index contributed by atoms with van der Waals surface area (Å²) in [5.74, 6) is 0.942. The Labute approximate surface area is 73.8 Å². The Morgan fingerprint density at radius 2 is 2.17 bits per heavy atom. The van der Waals surface area contributed by atoms with Crippen molar-refractivity contribution in [3.8, 4) is 0 Å². The molecule has 1 aromatic rings. The molecular weight excluding hydrogens is 148 g/mol. The van der Waals surface area contributed by atoms with Gasteiger partial charge in [0.05, 0.1) is 13.6 Å². The van der Waals surface area contributed by atoms with Gasteiger partial charge in [0.15, 0.2) is 0 Å². The summed E-state index contributed by atoms with van der Waals surface area (Å²) < 4.78 is 4.41. The van der Waals surface area contributed by atoms with Crippen LogP contribution in [0.15, 0.2) is 18.7 Å². The zero-order valence-electron chi connectivity index (χ0n) is 7.74. The molecule has 66 valence electrons. The SMILES string of the molecule is C[n+]1ccn(CC2CCCC2)c1. The quantitative estimate of drug-likeness (QED) is 0.587. The summed E-state index contributed by atoms with van der Waals surface area (Å²) in [6.45, 7) is 1.22. The van der Waals surface area contributed by atoms with E-state index >= 15 is 0 Å². The number of imidazole rings is 1. The van der Waals surface area contributed by atoms with E-state index in [1.165, 1.54) is 32.2 Å². The number of aryl methyl sites for hydroxylation is 1. The zero-order chi connectivity index (χ0) is 8.39. The molecule has 2 rings (SSSR count). The van der Waals surface area contributed by atoms with E-state index in [-0.39, 0.29) is 0 Å². The molecule has 1 fully saturated rings. The Bertz CT molecular complexity index is 246. The fourth-order valence-electron chi connectivity index (χ4n) is 2.10. The summed E-state index contributed by atoms with van der Waals surface area (Å²) in [6, 6.07) is 0. The molecular formula is C10H17N2+. The van der Waals surface area contributed by atoms with E-state index in [1.807, 2.05) is 0 Å². The van der Waals surface area contributed by atoms with E-state index < -0.39 is 0 Å². The van der Waals surface area contributed by atoms with Crippen molar-refractivity contribution in [1.29, 1.82) is 0 Å². The van der Waals surface area contributed by atoms with Gasteiger partial charge in [-0.2, -0.15) is 0 Å². The molecule has 0 radical (unpaired) electrons. The summed E-state index contributed by atoms with van der Waals surface area (Å²) in [7, 11) is 2.07. The predicted molar refractivity (Wildman–Crippen MR) is 47.6 cm³/mol. The van der Waals surface area contributed by atoms with Gasteiger partial charge in [-0.3, -0.25) is 0 Å². The first-order valence-corrected chi connectivity index (χ1v) is 4.85. The minimum absolute atomic E-state index is 0.942. The fraction of sp³-hybridized carbons (Fsp3) is 0.700. The molecule has 1 heterocycles. The third-order valence-electron chi connectivity index (χ3n) is 2.77. The van der Waals surface area contributed by atoms with Gasteiger partial charge < -0.3 is 0 Å². The molecule has 1 aromatic heterocycles. The van der Waals surface area contributed by atoms with Crippen molar-refractivity contribution in [2.45, 2.75) is 32.2 Å². The number of hydrogen-bond donors (Lipinski definition) is 0. The van der Waals surface area contributed by atoms with Crippen molar-refractivity contribution >= 4 is 0 Å². The second kappa shape index (κ2) is 3.30. The molecule has 1 aliphatic carbocycles. The maximum atomic E-state index is 2.30. The molecule has 2 heteroatoms. The number of aromatic nitrogens is 2. The van der Waals surface area contributed by atoms with Crippen LogP contribution in [-0.2, 0) is 13.6 Å². The average Bonchev–Trinajstić information content (AvgIpc) is 2.63. The van der Waals surface area contributed by atoms with E-state index in [1.54, 1.807) is 0 Å². The first-order valence-electron chi connectivity index (χ1n) is 4.85. The molecule has 2 nitrogen and oxygen atoms in total. The van der Waals surface area contributed by atoms with Gasteiger partial charge in [0.2, 0.25) is 6.33 Å². The van der Waals surface area contributed by atoms with Crippen LogP contribution in [0.4, 0.5) is 0 Å². The van der Waals surface area contributed by atoms with Crippen molar-refractivity contribution in [1.82, 2.24) is 4.57 Å². The highest BCUT2D eigenvalue weighted by atomic mass is 15.1. The van der Waals surface area contributed by atoms with Gasteiger partial charge in [0.25, 0.3) is 0 Å². The number of hydrogen-bond acceptors (Lipinski definition) is 0. The van der Waals surface area contributed by atoms with E-state index in [0.717, 1.165) is 5.92 Å². The maximum absolute atomic E-state index is 2.30. The lowest BCUT2D eigenvalue weighted by molar-refractivity contribution is -0.671. The first-order chi connectivity index (χ1) is 5.84. The highest BCUT2D eigenvalue weighted by Gasteiger charge is 2.17. The lowest BCUT2D eigenvalue weighted by Gasteiger charge is -2.03. The van der Waals surface area contributed by atoms with E-state index in [4.69, 9.17) is 0 Å². The molecule has 0 amide bonds. The summed E-state index contributed by atoms with van der Waals surface area (Å²) in [6.07, 6.45) is 12.2. The molecule has 12 heavy (non-hydrogen) atoms. The highest BCUT2D eigenvalue weighted by molar-refractivity contribution is 4.72. The normalized spacial score (nSPS) is 18.8. The second-order valence-corrected chi connectivity index (χ2v) is 3.93. The third kappa shape index (κ3) is 1.68.